The minimum atomic E-state index is -0.955. The molecule has 0 radical (unpaired) electrons. The lowest BCUT2D eigenvalue weighted by molar-refractivity contribution is -0.123. The van der Waals surface area contributed by atoms with Crippen LogP contribution in [0.1, 0.15) is 18.4 Å². The molecule has 3 N–H and O–H groups in total. The van der Waals surface area contributed by atoms with Gasteiger partial charge in [0.25, 0.3) is 0 Å². The largest absolute Gasteiger partial charge is 0.445 e. The Morgan fingerprint density at radius 2 is 1.69 bits per heavy atom. The van der Waals surface area contributed by atoms with Crippen LogP contribution in [0.5, 0.6) is 0 Å². The van der Waals surface area contributed by atoms with Gasteiger partial charge in [-0.3, -0.25) is 9.59 Å². The van der Waals surface area contributed by atoms with Gasteiger partial charge in [0.15, 0.2) is 0 Å². The minimum absolute atomic E-state index is 0.00872. The van der Waals surface area contributed by atoms with E-state index in [1.807, 2.05) is 18.2 Å². The maximum atomic E-state index is 12.1. The molecule has 1 atom stereocenters. The van der Waals surface area contributed by atoms with Crippen molar-refractivity contribution in [1.29, 1.82) is 0 Å². The Hall–Kier alpha value is -3.45. The number of benzene rings is 1. The van der Waals surface area contributed by atoms with Crippen molar-refractivity contribution in [1.82, 2.24) is 16.0 Å². The van der Waals surface area contributed by atoms with Gasteiger partial charge in [0.2, 0.25) is 11.8 Å². The van der Waals surface area contributed by atoms with Gasteiger partial charge in [-0.2, -0.15) is 0 Å². The van der Waals surface area contributed by atoms with E-state index >= 15 is 0 Å². The number of carbonyl (C=O) groups is 3. The van der Waals surface area contributed by atoms with Crippen molar-refractivity contribution in [2.75, 3.05) is 13.1 Å². The summed E-state index contributed by atoms with van der Waals surface area (Å²) in [6.07, 6.45) is 9.49. The molecule has 0 aliphatic heterocycles. The highest BCUT2D eigenvalue weighted by Gasteiger charge is 2.22. The lowest BCUT2D eigenvalue weighted by Gasteiger charge is -2.17. The number of alkyl carbamates (subject to hydrolysis) is 1. The Morgan fingerprint density at radius 3 is 2.35 bits per heavy atom. The van der Waals surface area contributed by atoms with Crippen molar-refractivity contribution in [3.05, 3.63) is 35.9 Å². The van der Waals surface area contributed by atoms with Crippen LogP contribution in [-0.2, 0) is 20.9 Å². The molecule has 0 aromatic heterocycles. The van der Waals surface area contributed by atoms with Crippen LogP contribution < -0.4 is 16.0 Å². The van der Waals surface area contributed by atoms with Gasteiger partial charge in [-0.25, -0.2) is 4.79 Å². The van der Waals surface area contributed by atoms with Crippen LogP contribution in [0.15, 0.2) is 30.3 Å². The molecule has 0 fully saturated rings. The van der Waals surface area contributed by atoms with Crippen LogP contribution in [0.2, 0.25) is 0 Å². The third kappa shape index (κ3) is 8.42. The predicted octanol–water partition coefficient (Wildman–Crippen LogP) is 0.560. The molecule has 0 heterocycles. The zero-order valence-corrected chi connectivity index (χ0v) is 14.3. The summed E-state index contributed by atoms with van der Waals surface area (Å²) in [6.45, 7) is 0.173. The topological polar surface area (TPSA) is 96.5 Å². The number of hydrogen-bond acceptors (Lipinski definition) is 4. The quantitative estimate of drug-likeness (QED) is 0.564. The van der Waals surface area contributed by atoms with E-state index in [1.54, 1.807) is 12.1 Å². The number of carbonyl (C=O) groups excluding carboxylic acids is 3. The Labute approximate surface area is 152 Å². The van der Waals surface area contributed by atoms with Crippen molar-refractivity contribution in [2.45, 2.75) is 25.5 Å². The third-order valence-corrected chi connectivity index (χ3v) is 3.23. The molecule has 0 aliphatic rings. The fourth-order valence-corrected chi connectivity index (χ4v) is 1.95. The monoisotopic (exact) mass is 355 g/mol. The molecular weight excluding hydrogens is 334 g/mol. The van der Waals surface area contributed by atoms with Crippen molar-refractivity contribution >= 4 is 17.9 Å². The Kier molecular flexibility index (Phi) is 9.50. The molecule has 0 bridgehead atoms. The summed E-state index contributed by atoms with van der Waals surface area (Å²) in [4.78, 5) is 35.7. The molecule has 7 nitrogen and oxygen atoms in total. The van der Waals surface area contributed by atoms with Crippen molar-refractivity contribution in [3.8, 4) is 24.7 Å². The smallest absolute Gasteiger partial charge is 0.408 e. The number of ether oxygens (including phenoxy) is 1. The molecule has 3 amide bonds. The molecule has 26 heavy (non-hydrogen) atoms. The average molecular weight is 355 g/mol. The first kappa shape index (κ1) is 20.6. The van der Waals surface area contributed by atoms with E-state index in [2.05, 4.69) is 27.8 Å². The first-order valence-corrected chi connectivity index (χ1v) is 7.95. The number of rotatable bonds is 9. The second kappa shape index (κ2) is 12.0. The lowest BCUT2D eigenvalue weighted by Crippen LogP contribution is -2.47. The van der Waals surface area contributed by atoms with E-state index in [-0.39, 0.29) is 38.4 Å². The maximum Gasteiger partial charge on any atom is 0.408 e. The molecule has 7 heteroatoms. The van der Waals surface area contributed by atoms with Crippen LogP contribution >= 0.6 is 0 Å². The highest BCUT2D eigenvalue weighted by molar-refractivity contribution is 5.86. The van der Waals surface area contributed by atoms with Gasteiger partial charge in [-0.05, 0) is 12.0 Å². The molecule has 0 spiro atoms. The van der Waals surface area contributed by atoms with Crippen LogP contribution in [0, 0.1) is 24.7 Å². The minimum Gasteiger partial charge on any atom is -0.445 e. The third-order valence-electron chi connectivity index (χ3n) is 3.23. The second-order valence-corrected chi connectivity index (χ2v) is 5.20. The first-order chi connectivity index (χ1) is 12.6. The Bertz CT molecular complexity index is 689. The molecule has 0 aliphatic carbocycles. The summed E-state index contributed by atoms with van der Waals surface area (Å²) in [5.74, 6) is 3.73. The zero-order valence-electron chi connectivity index (χ0n) is 14.3. The van der Waals surface area contributed by atoms with Crippen molar-refractivity contribution in [3.63, 3.8) is 0 Å². The SMILES string of the molecule is C#CCNC(=O)CCC(NC(=O)OCc1ccccc1)C(=O)NCC#C. The molecule has 0 saturated heterocycles. The summed E-state index contributed by atoms with van der Waals surface area (Å²) in [5.41, 5.74) is 0.810. The summed E-state index contributed by atoms with van der Waals surface area (Å²) in [6, 6.07) is 8.15. The normalized spacial score (nSPS) is 10.5. The van der Waals surface area contributed by atoms with E-state index < -0.39 is 18.0 Å². The van der Waals surface area contributed by atoms with Crippen LogP contribution in [-0.4, -0.2) is 37.0 Å². The molecule has 1 unspecified atom stereocenters. The number of amides is 3. The molecule has 1 aromatic rings. The van der Waals surface area contributed by atoms with Gasteiger partial charge >= 0.3 is 6.09 Å². The van der Waals surface area contributed by atoms with Gasteiger partial charge in [0.1, 0.15) is 12.6 Å². The zero-order chi connectivity index (χ0) is 19.2. The second-order valence-electron chi connectivity index (χ2n) is 5.20. The van der Waals surface area contributed by atoms with Gasteiger partial charge in [0, 0.05) is 6.42 Å². The fourth-order valence-electron chi connectivity index (χ4n) is 1.95. The van der Waals surface area contributed by atoms with Crippen molar-refractivity contribution < 1.29 is 19.1 Å². The van der Waals surface area contributed by atoms with Crippen LogP contribution in [0.4, 0.5) is 4.79 Å². The highest BCUT2D eigenvalue weighted by Crippen LogP contribution is 2.03. The summed E-state index contributed by atoms with van der Waals surface area (Å²) >= 11 is 0. The number of terminal acetylenes is 2. The summed E-state index contributed by atoms with van der Waals surface area (Å²) in [5, 5.41) is 7.40. The summed E-state index contributed by atoms with van der Waals surface area (Å²) < 4.78 is 5.09. The van der Waals surface area contributed by atoms with Crippen LogP contribution in [0.25, 0.3) is 0 Å². The standard InChI is InChI=1S/C19H21N3O4/c1-3-12-20-17(23)11-10-16(18(24)21-13-4-2)22-19(25)26-14-15-8-6-5-7-9-15/h1-2,5-9,16H,10-14H2,(H,20,23)(H,21,24)(H,22,25). The van der Waals surface area contributed by atoms with E-state index in [4.69, 9.17) is 17.6 Å². The predicted molar refractivity (Wildman–Crippen MR) is 96.5 cm³/mol. The van der Waals surface area contributed by atoms with E-state index in [1.165, 1.54) is 0 Å². The molecular formula is C19H21N3O4. The maximum absolute atomic E-state index is 12.1. The van der Waals surface area contributed by atoms with Gasteiger partial charge in [-0.15, -0.1) is 12.8 Å². The van der Waals surface area contributed by atoms with Gasteiger partial charge < -0.3 is 20.7 Å². The molecule has 1 aromatic carbocycles. The van der Waals surface area contributed by atoms with E-state index in [0.717, 1.165) is 5.56 Å². The Morgan fingerprint density at radius 1 is 1.04 bits per heavy atom. The lowest BCUT2D eigenvalue weighted by atomic mass is 10.1. The van der Waals surface area contributed by atoms with Crippen molar-refractivity contribution in [2.24, 2.45) is 0 Å². The highest BCUT2D eigenvalue weighted by atomic mass is 16.5. The van der Waals surface area contributed by atoms with Gasteiger partial charge in [0.05, 0.1) is 13.1 Å². The molecule has 136 valence electrons. The fraction of sp³-hybridized carbons (Fsp3) is 0.316. The van der Waals surface area contributed by atoms with E-state index in [9.17, 15) is 14.4 Å². The summed E-state index contributed by atoms with van der Waals surface area (Å²) in [7, 11) is 0. The average Bonchev–Trinajstić information content (AvgIpc) is 2.66. The number of nitrogens with one attached hydrogen (secondary N) is 3. The number of hydrogen-bond donors (Lipinski definition) is 3. The van der Waals surface area contributed by atoms with E-state index in [0.29, 0.717) is 0 Å². The molecule has 1 rings (SSSR count). The molecule has 0 saturated carbocycles. The van der Waals surface area contributed by atoms with Gasteiger partial charge in [-0.1, -0.05) is 42.2 Å². The van der Waals surface area contributed by atoms with Crippen LogP contribution in [0.3, 0.4) is 0 Å². The first-order valence-electron chi connectivity index (χ1n) is 7.95. The Balaban J connectivity index is 2.55.